The van der Waals surface area contributed by atoms with Crippen molar-refractivity contribution in [3.63, 3.8) is 0 Å². The Bertz CT molecular complexity index is 1200. The van der Waals surface area contributed by atoms with Crippen molar-refractivity contribution in [1.82, 2.24) is 20.1 Å². The van der Waals surface area contributed by atoms with Crippen LogP contribution in [0.5, 0.6) is 0 Å². The van der Waals surface area contributed by atoms with Crippen LogP contribution in [-0.4, -0.2) is 47.6 Å². The summed E-state index contributed by atoms with van der Waals surface area (Å²) in [5, 5.41) is 6.65. The molecule has 1 aliphatic rings. The number of likely N-dealkylation sites (tertiary alicyclic amines) is 1. The molecule has 0 atom stereocenters. The van der Waals surface area contributed by atoms with E-state index < -0.39 is 11.6 Å². The van der Waals surface area contributed by atoms with Gasteiger partial charge in [-0.05, 0) is 74.3 Å². The van der Waals surface area contributed by atoms with Crippen molar-refractivity contribution < 1.29 is 8.78 Å². The summed E-state index contributed by atoms with van der Waals surface area (Å²) in [7, 11) is 1.93. The second-order valence-corrected chi connectivity index (χ2v) is 9.09. The lowest BCUT2D eigenvalue weighted by Gasteiger charge is -2.41. The van der Waals surface area contributed by atoms with Crippen LogP contribution in [0.4, 0.5) is 14.5 Å². The van der Waals surface area contributed by atoms with E-state index in [1.165, 1.54) is 12.1 Å². The van der Waals surface area contributed by atoms with E-state index >= 15 is 0 Å². The third-order valence-electron chi connectivity index (χ3n) is 6.65. The first-order chi connectivity index (χ1) is 17.4. The Balaban J connectivity index is 1.38. The lowest BCUT2D eigenvalue weighted by molar-refractivity contribution is 0.162. The maximum Gasteiger partial charge on any atom is 0.126 e. The Labute approximate surface area is 212 Å². The quantitative estimate of drug-likeness (QED) is 0.370. The molecule has 0 radical (unpaired) electrons. The van der Waals surface area contributed by atoms with E-state index in [0.29, 0.717) is 18.3 Å². The number of pyridine rings is 1. The van der Waals surface area contributed by atoms with E-state index in [1.54, 1.807) is 6.20 Å². The smallest absolute Gasteiger partial charge is 0.126 e. The van der Waals surface area contributed by atoms with Crippen LogP contribution in [0.15, 0.2) is 79.8 Å². The predicted octanol–water partition coefficient (Wildman–Crippen LogP) is 5.83. The first-order valence-electron chi connectivity index (χ1n) is 12.1. The molecule has 0 unspecified atom stereocenters. The topological polar surface area (TPSA) is 43.4 Å². The number of aromatic nitrogens is 1. The van der Waals surface area contributed by atoms with Crippen LogP contribution in [0, 0.1) is 18.6 Å². The zero-order chi connectivity index (χ0) is 25.7. The molecule has 188 valence electrons. The minimum absolute atomic E-state index is 0.325. The maximum atomic E-state index is 13.6. The fraction of sp³-hybridized carbons (Fsp3) is 0.276. The molecule has 2 aromatic carbocycles. The highest BCUT2D eigenvalue weighted by Crippen LogP contribution is 2.28. The van der Waals surface area contributed by atoms with Gasteiger partial charge in [-0.3, -0.25) is 4.98 Å². The van der Waals surface area contributed by atoms with Gasteiger partial charge < -0.3 is 20.4 Å². The Hall–Kier alpha value is -3.71. The van der Waals surface area contributed by atoms with E-state index in [4.69, 9.17) is 0 Å². The first-order valence-corrected chi connectivity index (χ1v) is 12.1. The van der Waals surface area contributed by atoms with Gasteiger partial charge in [0, 0.05) is 54.0 Å². The van der Waals surface area contributed by atoms with Crippen molar-refractivity contribution in [2.75, 3.05) is 32.1 Å². The number of aryl methyl sites for hydroxylation is 1. The molecule has 2 heterocycles. The van der Waals surface area contributed by atoms with Gasteiger partial charge in [0.1, 0.15) is 11.6 Å². The number of nitrogens with zero attached hydrogens (tertiary/aromatic N) is 3. The van der Waals surface area contributed by atoms with Crippen molar-refractivity contribution >= 4 is 11.4 Å². The summed E-state index contributed by atoms with van der Waals surface area (Å²) in [5.74, 6) is -0.378. The third-order valence-corrected chi connectivity index (χ3v) is 6.65. The molecule has 0 amide bonds. The lowest BCUT2D eigenvalue weighted by atomic mass is 10.0. The van der Waals surface area contributed by atoms with Gasteiger partial charge in [-0.15, -0.1) is 0 Å². The molecule has 3 aromatic rings. The number of hydrogen-bond acceptors (Lipinski definition) is 5. The molecule has 5 nitrogen and oxygen atoms in total. The molecule has 36 heavy (non-hydrogen) atoms. The van der Waals surface area contributed by atoms with Crippen molar-refractivity contribution in [1.29, 1.82) is 0 Å². The molecular weight excluding hydrogens is 456 g/mol. The average molecular weight is 490 g/mol. The van der Waals surface area contributed by atoms with Crippen molar-refractivity contribution in [2.45, 2.75) is 25.8 Å². The summed E-state index contributed by atoms with van der Waals surface area (Å²) < 4.78 is 27.2. The highest BCUT2D eigenvalue weighted by atomic mass is 19.1. The Morgan fingerprint density at radius 1 is 1.03 bits per heavy atom. The number of rotatable bonds is 9. The summed E-state index contributed by atoms with van der Waals surface area (Å²) in [4.78, 5) is 8.99. The second kappa shape index (κ2) is 11.4. The van der Waals surface area contributed by atoms with Gasteiger partial charge in [-0.1, -0.05) is 25.3 Å². The van der Waals surface area contributed by atoms with Gasteiger partial charge in [-0.25, -0.2) is 8.78 Å². The summed E-state index contributed by atoms with van der Waals surface area (Å²) in [5.41, 5.74) is 5.22. The van der Waals surface area contributed by atoms with E-state index in [2.05, 4.69) is 44.6 Å². The molecular formula is C29H33F2N5. The second-order valence-electron chi connectivity index (χ2n) is 9.09. The van der Waals surface area contributed by atoms with Crippen molar-refractivity contribution in [3.05, 3.63) is 103 Å². The molecule has 1 saturated heterocycles. The molecule has 1 aliphatic heterocycles. The van der Waals surface area contributed by atoms with Gasteiger partial charge in [0.05, 0.1) is 12.5 Å². The third kappa shape index (κ3) is 5.91. The molecule has 0 saturated carbocycles. The molecule has 7 heteroatoms. The Morgan fingerprint density at radius 2 is 1.69 bits per heavy atom. The normalized spacial score (nSPS) is 13.9. The van der Waals surface area contributed by atoms with Gasteiger partial charge in [0.25, 0.3) is 0 Å². The molecule has 0 aliphatic carbocycles. The monoisotopic (exact) mass is 489 g/mol. The minimum Gasteiger partial charge on any atom is -0.371 e. The van der Waals surface area contributed by atoms with Crippen LogP contribution in [0.2, 0.25) is 0 Å². The number of nitrogens with one attached hydrogen (secondary N) is 2. The average Bonchev–Trinajstić information content (AvgIpc) is 2.87. The van der Waals surface area contributed by atoms with Crippen LogP contribution in [0.3, 0.4) is 0 Å². The van der Waals surface area contributed by atoms with Gasteiger partial charge >= 0.3 is 0 Å². The van der Waals surface area contributed by atoms with E-state index in [0.717, 1.165) is 66.0 Å². The number of hydrogen-bond donors (Lipinski definition) is 2. The van der Waals surface area contributed by atoms with Crippen molar-refractivity contribution in [3.8, 4) is 11.1 Å². The van der Waals surface area contributed by atoms with Crippen LogP contribution >= 0.6 is 0 Å². The fourth-order valence-corrected chi connectivity index (χ4v) is 4.73. The van der Waals surface area contributed by atoms with Gasteiger partial charge in [0.15, 0.2) is 0 Å². The van der Waals surface area contributed by atoms with Crippen molar-refractivity contribution in [2.24, 2.45) is 0 Å². The lowest BCUT2D eigenvalue weighted by Crippen LogP contribution is -2.47. The molecule has 1 fully saturated rings. The van der Waals surface area contributed by atoms with Gasteiger partial charge in [-0.2, -0.15) is 0 Å². The van der Waals surface area contributed by atoms with E-state index in [1.807, 2.05) is 44.3 Å². The minimum atomic E-state index is -0.589. The largest absolute Gasteiger partial charge is 0.371 e. The number of halogens is 2. The van der Waals surface area contributed by atoms with Crippen LogP contribution in [-0.2, 0) is 0 Å². The van der Waals surface area contributed by atoms with Crippen LogP contribution in [0.1, 0.15) is 24.1 Å². The number of anilines is 1. The summed E-state index contributed by atoms with van der Waals surface area (Å²) in [6.07, 6.45) is 3.76. The highest BCUT2D eigenvalue weighted by Gasteiger charge is 2.26. The Kier molecular flexibility index (Phi) is 8.00. The number of benzene rings is 2. The first kappa shape index (κ1) is 25.4. The zero-order valence-corrected chi connectivity index (χ0v) is 20.9. The predicted molar refractivity (Wildman–Crippen MR) is 143 cm³/mol. The summed E-state index contributed by atoms with van der Waals surface area (Å²) in [6, 6.07) is 15.4. The standard InChI is InChI=1S/C29H33F2N5/c1-20-29(6-5-13-33-20)21(2)35-14-11-28(12-15-35)36(19-32-4)22(3)34-27-9-7-23(8-10-27)24-16-25(30)18-26(31)17-24/h5-10,13,16-18,28,32,34H,2-3,11-12,14-15,19H2,1,4H3. The van der Waals surface area contributed by atoms with Gasteiger partial charge in [0.2, 0.25) is 0 Å². The molecule has 4 rings (SSSR count). The SMILES string of the molecule is C=C(c1cccnc1C)N1CCC(N(CNC)C(=C)Nc2ccc(-c3cc(F)cc(F)c3)cc2)CC1. The van der Waals surface area contributed by atoms with E-state index in [9.17, 15) is 8.78 Å². The Morgan fingerprint density at radius 3 is 2.31 bits per heavy atom. The number of piperidine rings is 1. The molecule has 0 spiro atoms. The maximum absolute atomic E-state index is 13.6. The van der Waals surface area contributed by atoms with Crippen LogP contribution in [0.25, 0.3) is 16.8 Å². The zero-order valence-electron chi connectivity index (χ0n) is 20.9. The fourth-order valence-electron chi connectivity index (χ4n) is 4.73. The highest BCUT2D eigenvalue weighted by molar-refractivity contribution is 5.67. The summed E-state index contributed by atoms with van der Waals surface area (Å²) >= 11 is 0. The summed E-state index contributed by atoms with van der Waals surface area (Å²) in [6.45, 7) is 13.1. The van der Waals surface area contributed by atoms with Crippen LogP contribution < -0.4 is 10.6 Å². The molecule has 2 N–H and O–H groups in total. The van der Waals surface area contributed by atoms with E-state index in [-0.39, 0.29) is 0 Å². The molecule has 1 aromatic heterocycles. The molecule has 0 bridgehead atoms.